The summed E-state index contributed by atoms with van der Waals surface area (Å²) in [7, 11) is 0. The van der Waals surface area contributed by atoms with E-state index < -0.39 is 18.1 Å². The molecule has 4 rings (SSSR count). The van der Waals surface area contributed by atoms with Crippen molar-refractivity contribution in [3.63, 3.8) is 0 Å². The third-order valence-electron chi connectivity index (χ3n) is 6.08. The van der Waals surface area contributed by atoms with Gasteiger partial charge in [0.2, 0.25) is 11.8 Å². The number of rotatable bonds is 5. The van der Waals surface area contributed by atoms with Crippen LogP contribution in [0.1, 0.15) is 56.0 Å². The summed E-state index contributed by atoms with van der Waals surface area (Å²) in [6.07, 6.45) is 2.64. The number of nitrogens with zero attached hydrogens (tertiary/aromatic N) is 3. The number of imidazole rings is 1. The molecule has 162 valence electrons. The van der Waals surface area contributed by atoms with Crippen LogP contribution in [0, 0.1) is 11.8 Å². The minimum Gasteiger partial charge on any atom is -0.465 e. The third-order valence-corrected chi connectivity index (χ3v) is 6.08. The Hall–Kier alpha value is -2.78. The molecule has 0 bridgehead atoms. The van der Waals surface area contributed by atoms with Gasteiger partial charge in [-0.25, -0.2) is 23.1 Å². The third kappa shape index (κ3) is 4.52. The van der Waals surface area contributed by atoms with Crippen molar-refractivity contribution in [1.29, 1.82) is 0 Å². The van der Waals surface area contributed by atoms with Crippen LogP contribution < -0.4 is 10.6 Å². The highest BCUT2D eigenvalue weighted by atomic mass is 19.3. The first-order valence-electron chi connectivity index (χ1n) is 10.3. The average molecular weight is 421 g/mol. The number of hydrogen-bond donors (Lipinski definition) is 3. The molecule has 1 saturated carbocycles. The molecule has 3 N–H and O–H groups in total. The zero-order valence-corrected chi connectivity index (χ0v) is 16.5. The van der Waals surface area contributed by atoms with Crippen molar-refractivity contribution in [2.24, 2.45) is 11.8 Å². The minimum absolute atomic E-state index is 0.0364. The first-order chi connectivity index (χ1) is 14.3. The van der Waals surface area contributed by atoms with Crippen molar-refractivity contribution in [2.75, 3.05) is 6.54 Å². The van der Waals surface area contributed by atoms with E-state index in [1.165, 1.54) is 0 Å². The van der Waals surface area contributed by atoms with Crippen LogP contribution in [0.15, 0.2) is 18.3 Å². The first kappa shape index (κ1) is 20.5. The molecule has 2 amide bonds. The Kier molecular flexibility index (Phi) is 5.57. The number of carboxylic acid groups (broad SMARTS) is 1. The van der Waals surface area contributed by atoms with Gasteiger partial charge in [-0.15, -0.1) is 0 Å². The van der Waals surface area contributed by atoms with Gasteiger partial charge in [-0.1, -0.05) is 0 Å². The molecule has 8 nitrogen and oxygen atoms in total. The monoisotopic (exact) mass is 421 g/mol. The quantitative estimate of drug-likeness (QED) is 0.688. The van der Waals surface area contributed by atoms with Gasteiger partial charge in [0.15, 0.2) is 5.65 Å². The molecule has 10 heteroatoms. The molecular formula is C20H25F2N5O3. The molecule has 0 radical (unpaired) electrons. The smallest absolute Gasteiger partial charge is 0.405 e. The summed E-state index contributed by atoms with van der Waals surface area (Å²) in [5, 5.41) is 19.1. The second kappa shape index (κ2) is 8.16. The maximum Gasteiger partial charge on any atom is 0.405 e. The van der Waals surface area contributed by atoms with Crippen LogP contribution in [0.4, 0.5) is 13.6 Å². The van der Waals surface area contributed by atoms with Gasteiger partial charge in [0.25, 0.3) is 0 Å². The fourth-order valence-corrected chi connectivity index (χ4v) is 4.44. The Morgan fingerprint density at radius 1 is 1.33 bits per heavy atom. The van der Waals surface area contributed by atoms with Gasteiger partial charge in [0.1, 0.15) is 0 Å². The van der Waals surface area contributed by atoms with Gasteiger partial charge < -0.3 is 15.7 Å². The molecule has 2 aliphatic rings. The number of hydrogen-bond acceptors (Lipinski definition) is 4. The van der Waals surface area contributed by atoms with E-state index in [0.29, 0.717) is 24.3 Å². The topological polar surface area (TPSA) is 109 Å². The van der Waals surface area contributed by atoms with Gasteiger partial charge in [0.05, 0.1) is 23.6 Å². The highest BCUT2D eigenvalue weighted by Crippen LogP contribution is 2.41. The number of piperidine rings is 1. The molecule has 1 unspecified atom stereocenters. The van der Waals surface area contributed by atoms with Gasteiger partial charge >= 0.3 is 6.09 Å². The number of aromatic nitrogens is 3. The number of alkyl halides is 2. The fourth-order valence-electron chi connectivity index (χ4n) is 4.44. The number of halogens is 2. The molecule has 1 saturated heterocycles. The maximum atomic E-state index is 13.5. The summed E-state index contributed by atoms with van der Waals surface area (Å²) < 4.78 is 28.7. The molecule has 30 heavy (non-hydrogen) atoms. The van der Waals surface area contributed by atoms with Crippen LogP contribution in [0.5, 0.6) is 0 Å². The van der Waals surface area contributed by atoms with E-state index in [4.69, 9.17) is 0 Å². The zero-order chi connectivity index (χ0) is 21.3. The highest BCUT2D eigenvalue weighted by molar-refractivity contribution is 5.79. The van der Waals surface area contributed by atoms with E-state index in [1.807, 2.05) is 6.07 Å². The molecule has 2 fully saturated rings. The van der Waals surface area contributed by atoms with E-state index in [1.54, 1.807) is 16.8 Å². The predicted molar refractivity (Wildman–Crippen MR) is 103 cm³/mol. The predicted octanol–water partition coefficient (Wildman–Crippen LogP) is 2.93. The SMILES string of the molecule is O=C(O)N[C@H](c1cn2nc(CC3CCCNC3=O)ccc2n1)C1CCC(F)(F)CC1. The Morgan fingerprint density at radius 2 is 2.10 bits per heavy atom. The summed E-state index contributed by atoms with van der Waals surface area (Å²) in [4.78, 5) is 27.8. The molecular weight excluding hydrogens is 396 g/mol. The van der Waals surface area contributed by atoms with Crippen LogP contribution in [0.2, 0.25) is 0 Å². The minimum atomic E-state index is -2.69. The van der Waals surface area contributed by atoms with Gasteiger partial charge in [-0.2, -0.15) is 5.10 Å². The molecule has 2 aromatic rings. The van der Waals surface area contributed by atoms with E-state index in [-0.39, 0.29) is 43.4 Å². The lowest BCUT2D eigenvalue weighted by atomic mass is 9.81. The second-order valence-electron chi connectivity index (χ2n) is 8.25. The fraction of sp³-hybridized carbons (Fsp3) is 0.600. The zero-order valence-electron chi connectivity index (χ0n) is 16.5. The standard InChI is InChI=1S/C20H25F2N5O3/c21-20(22)7-5-12(6-8-20)17(25-19(29)30)15-11-27-16(24-15)4-3-14(26-27)10-13-2-1-9-23-18(13)28/h3-4,11-13,17,25H,1-2,5-10H2,(H,23,28)(H,29,30)/t13?,17-/m0/s1. The first-order valence-corrected chi connectivity index (χ1v) is 10.3. The van der Waals surface area contributed by atoms with Crippen molar-refractivity contribution >= 4 is 17.6 Å². The van der Waals surface area contributed by atoms with Crippen molar-refractivity contribution in [3.05, 3.63) is 29.7 Å². The lowest BCUT2D eigenvalue weighted by Crippen LogP contribution is -2.37. The summed E-state index contributed by atoms with van der Waals surface area (Å²) in [5.41, 5.74) is 1.75. The molecule has 0 aromatic carbocycles. The lowest BCUT2D eigenvalue weighted by molar-refractivity contribution is -0.126. The summed E-state index contributed by atoms with van der Waals surface area (Å²) in [6, 6.07) is 2.92. The van der Waals surface area contributed by atoms with E-state index in [9.17, 15) is 23.5 Å². The number of amides is 2. The summed E-state index contributed by atoms with van der Waals surface area (Å²) in [6.45, 7) is 0.706. The van der Waals surface area contributed by atoms with Crippen LogP contribution in [0.25, 0.3) is 5.65 Å². The number of carbonyl (C=O) groups is 2. The molecule has 0 spiro atoms. The second-order valence-corrected chi connectivity index (χ2v) is 8.25. The normalized spacial score (nSPS) is 23.1. The maximum absolute atomic E-state index is 13.5. The molecule has 3 heterocycles. The molecule has 2 aromatic heterocycles. The van der Waals surface area contributed by atoms with Crippen LogP contribution in [-0.2, 0) is 11.2 Å². The van der Waals surface area contributed by atoms with Crippen molar-refractivity contribution < 1.29 is 23.5 Å². The average Bonchev–Trinajstić information content (AvgIpc) is 3.11. The summed E-state index contributed by atoms with van der Waals surface area (Å²) >= 11 is 0. The largest absolute Gasteiger partial charge is 0.465 e. The van der Waals surface area contributed by atoms with E-state index in [2.05, 4.69) is 20.7 Å². The highest BCUT2D eigenvalue weighted by Gasteiger charge is 2.39. The molecule has 1 aliphatic carbocycles. The Bertz CT molecular complexity index is 938. The van der Waals surface area contributed by atoms with Crippen molar-refractivity contribution in [1.82, 2.24) is 25.2 Å². The number of carbonyl (C=O) groups excluding carboxylic acids is 1. The van der Waals surface area contributed by atoms with Crippen molar-refractivity contribution in [3.8, 4) is 0 Å². The molecule has 1 aliphatic heterocycles. The van der Waals surface area contributed by atoms with Gasteiger partial charge in [0, 0.05) is 31.7 Å². The van der Waals surface area contributed by atoms with Crippen LogP contribution in [-0.4, -0.2) is 44.2 Å². The number of nitrogens with one attached hydrogen (secondary N) is 2. The van der Waals surface area contributed by atoms with Crippen molar-refractivity contribution in [2.45, 2.75) is 56.9 Å². The lowest BCUT2D eigenvalue weighted by Gasteiger charge is -2.32. The van der Waals surface area contributed by atoms with Gasteiger partial charge in [-0.05, 0) is 43.7 Å². The van der Waals surface area contributed by atoms with Gasteiger partial charge in [-0.3, -0.25) is 4.79 Å². The molecule has 2 atom stereocenters. The van der Waals surface area contributed by atoms with E-state index >= 15 is 0 Å². The van der Waals surface area contributed by atoms with Crippen LogP contribution in [0.3, 0.4) is 0 Å². The summed E-state index contributed by atoms with van der Waals surface area (Å²) in [5.74, 6) is -3.02. The van der Waals surface area contributed by atoms with Crippen LogP contribution >= 0.6 is 0 Å². The Labute approximate surface area is 172 Å². The number of fused-ring (bicyclic) bond motifs is 1. The Morgan fingerprint density at radius 3 is 2.80 bits per heavy atom. The van der Waals surface area contributed by atoms with E-state index in [0.717, 1.165) is 18.5 Å². The Balaban J connectivity index is 1.55.